The van der Waals surface area contributed by atoms with Crippen LogP contribution in [0.2, 0.25) is 0 Å². The number of nitrogens with zero attached hydrogens (tertiary/aromatic N) is 1. The van der Waals surface area contributed by atoms with Crippen LogP contribution in [0.25, 0.3) is 32.9 Å². The summed E-state index contributed by atoms with van der Waals surface area (Å²) in [7, 11) is 3.12. The molecule has 2 amide bonds. The molecule has 2 heterocycles. The molecule has 3 aromatic carbocycles. The number of hydrogen-bond donors (Lipinski definition) is 1. The molecular formula is C22H16N2O3. The number of imide groups is 1. The van der Waals surface area contributed by atoms with Crippen LogP contribution in [0.4, 0.5) is 0 Å². The largest absolute Gasteiger partial charge is 0.496 e. The molecule has 1 aliphatic heterocycles. The van der Waals surface area contributed by atoms with Gasteiger partial charge < -0.3 is 9.72 Å². The lowest BCUT2D eigenvalue weighted by Gasteiger charge is -2.12. The van der Waals surface area contributed by atoms with E-state index in [1.807, 2.05) is 54.6 Å². The number of para-hydroxylation sites is 2. The Kier molecular flexibility index (Phi) is 3.15. The Hall–Kier alpha value is -3.60. The molecule has 1 aliphatic rings. The van der Waals surface area contributed by atoms with E-state index in [1.54, 1.807) is 7.11 Å². The molecule has 0 atom stereocenters. The SMILES string of the molecule is COc1ccccc1-c1cc2[nH]c3ccccc3c2c2c1C(=O)N(C)C2=O. The molecule has 5 heteroatoms. The highest BCUT2D eigenvalue weighted by atomic mass is 16.5. The molecule has 1 aromatic heterocycles. The zero-order chi connectivity index (χ0) is 18.7. The van der Waals surface area contributed by atoms with Gasteiger partial charge in [0.05, 0.1) is 18.2 Å². The van der Waals surface area contributed by atoms with Gasteiger partial charge in [-0.25, -0.2) is 0 Å². The second-order valence-corrected chi connectivity index (χ2v) is 6.64. The third kappa shape index (κ3) is 1.99. The minimum Gasteiger partial charge on any atom is -0.496 e. The third-order valence-electron chi connectivity index (χ3n) is 5.23. The molecule has 27 heavy (non-hydrogen) atoms. The van der Waals surface area contributed by atoms with Crippen molar-refractivity contribution in [3.63, 3.8) is 0 Å². The number of H-pyrrole nitrogens is 1. The highest BCUT2D eigenvalue weighted by Crippen LogP contribution is 2.42. The fourth-order valence-electron chi connectivity index (χ4n) is 3.96. The maximum Gasteiger partial charge on any atom is 0.262 e. The van der Waals surface area contributed by atoms with Crippen LogP contribution in [-0.2, 0) is 0 Å². The minimum absolute atomic E-state index is 0.276. The predicted octanol–water partition coefficient (Wildman–Crippen LogP) is 4.22. The summed E-state index contributed by atoms with van der Waals surface area (Å²) >= 11 is 0. The number of carbonyl (C=O) groups excluding carboxylic acids is 2. The number of aromatic amines is 1. The van der Waals surface area contributed by atoms with E-state index in [0.29, 0.717) is 22.4 Å². The van der Waals surface area contributed by atoms with Crippen molar-refractivity contribution in [2.75, 3.05) is 14.2 Å². The maximum absolute atomic E-state index is 13.0. The first-order valence-electron chi connectivity index (χ1n) is 8.65. The fraction of sp³-hybridized carbons (Fsp3) is 0.0909. The first-order valence-corrected chi connectivity index (χ1v) is 8.65. The number of fused-ring (bicyclic) bond motifs is 5. The second kappa shape index (κ2) is 5.45. The lowest BCUT2D eigenvalue weighted by molar-refractivity contribution is 0.0694. The van der Waals surface area contributed by atoms with Crippen LogP contribution in [-0.4, -0.2) is 35.9 Å². The van der Waals surface area contributed by atoms with Crippen LogP contribution in [0.5, 0.6) is 5.75 Å². The molecular weight excluding hydrogens is 340 g/mol. The molecule has 0 unspecified atom stereocenters. The molecule has 0 saturated heterocycles. The van der Waals surface area contributed by atoms with Gasteiger partial charge in [-0.05, 0) is 18.2 Å². The van der Waals surface area contributed by atoms with Crippen molar-refractivity contribution in [2.24, 2.45) is 0 Å². The van der Waals surface area contributed by atoms with Crippen molar-refractivity contribution in [3.05, 3.63) is 65.7 Å². The van der Waals surface area contributed by atoms with E-state index in [4.69, 9.17) is 4.74 Å². The van der Waals surface area contributed by atoms with Gasteiger partial charge in [0.15, 0.2) is 0 Å². The first kappa shape index (κ1) is 15.6. The van der Waals surface area contributed by atoms with Crippen molar-refractivity contribution >= 4 is 33.6 Å². The molecule has 1 N–H and O–H groups in total. The van der Waals surface area contributed by atoms with Crippen LogP contribution in [0.3, 0.4) is 0 Å². The summed E-state index contributed by atoms with van der Waals surface area (Å²) < 4.78 is 5.50. The molecule has 4 aromatic rings. The summed E-state index contributed by atoms with van der Waals surface area (Å²) in [4.78, 5) is 30.5. The molecule has 132 valence electrons. The van der Waals surface area contributed by atoms with Crippen molar-refractivity contribution in [3.8, 4) is 16.9 Å². The Bertz CT molecular complexity index is 1270. The number of methoxy groups -OCH3 is 1. The van der Waals surface area contributed by atoms with E-state index >= 15 is 0 Å². The van der Waals surface area contributed by atoms with E-state index in [2.05, 4.69) is 4.98 Å². The average Bonchev–Trinajstić information content (AvgIpc) is 3.18. The molecule has 0 aliphatic carbocycles. The van der Waals surface area contributed by atoms with Crippen molar-refractivity contribution in [1.29, 1.82) is 0 Å². The number of amides is 2. The molecule has 5 nitrogen and oxygen atoms in total. The van der Waals surface area contributed by atoms with Gasteiger partial charge >= 0.3 is 0 Å². The zero-order valence-corrected chi connectivity index (χ0v) is 14.9. The van der Waals surface area contributed by atoms with Crippen LogP contribution in [0.1, 0.15) is 20.7 Å². The van der Waals surface area contributed by atoms with Gasteiger partial charge in [0, 0.05) is 40.0 Å². The smallest absolute Gasteiger partial charge is 0.262 e. The normalized spacial score (nSPS) is 13.6. The van der Waals surface area contributed by atoms with Crippen LogP contribution in [0.15, 0.2) is 54.6 Å². The van der Waals surface area contributed by atoms with Gasteiger partial charge in [-0.3, -0.25) is 14.5 Å². The highest BCUT2D eigenvalue weighted by molar-refractivity contribution is 6.32. The van der Waals surface area contributed by atoms with Gasteiger partial charge in [0.2, 0.25) is 0 Å². The van der Waals surface area contributed by atoms with Crippen molar-refractivity contribution < 1.29 is 14.3 Å². The number of carbonyl (C=O) groups is 2. The van der Waals surface area contributed by atoms with E-state index in [9.17, 15) is 9.59 Å². The zero-order valence-electron chi connectivity index (χ0n) is 14.9. The van der Waals surface area contributed by atoms with E-state index in [0.717, 1.165) is 27.4 Å². The molecule has 0 fully saturated rings. The summed E-state index contributed by atoms with van der Waals surface area (Å²) in [5, 5.41) is 1.73. The molecule has 0 radical (unpaired) electrons. The topological polar surface area (TPSA) is 62.4 Å². The van der Waals surface area contributed by atoms with Gasteiger partial charge in [-0.2, -0.15) is 0 Å². The van der Waals surface area contributed by atoms with E-state index in [-0.39, 0.29) is 11.8 Å². The van der Waals surface area contributed by atoms with Gasteiger partial charge in [0.1, 0.15) is 5.75 Å². The first-order chi connectivity index (χ1) is 13.1. The molecule has 5 rings (SSSR count). The maximum atomic E-state index is 13.0. The number of rotatable bonds is 2. The summed E-state index contributed by atoms with van der Waals surface area (Å²) in [5.41, 5.74) is 4.13. The monoisotopic (exact) mass is 356 g/mol. The van der Waals surface area contributed by atoms with Crippen molar-refractivity contribution in [2.45, 2.75) is 0 Å². The predicted molar refractivity (Wildman–Crippen MR) is 104 cm³/mol. The standard InChI is InChI=1S/C22H16N2O3/c1-24-21(25)19-14(12-7-4-6-10-17(12)27-2)11-16-18(20(19)22(24)26)13-8-3-5-9-15(13)23-16/h3-11,23H,1-2H3. The third-order valence-corrected chi connectivity index (χ3v) is 5.23. The number of ether oxygens (including phenoxy) is 1. The fourth-order valence-corrected chi connectivity index (χ4v) is 3.96. The van der Waals surface area contributed by atoms with Gasteiger partial charge in [0.25, 0.3) is 11.8 Å². The Morgan fingerprint density at radius 3 is 2.37 bits per heavy atom. The van der Waals surface area contributed by atoms with Crippen LogP contribution >= 0.6 is 0 Å². The second-order valence-electron chi connectivity index (χ2n) is 6.64. The van der Waals surface area contributed by atoms with E-state index < -0.39 is 0 Å². The average molecular weight is 356 g/mol. The summed E-state index contributed by atoms with van der Waals surface area (Å²) in [6.45, 7) is 0. The van der Waals surface area contributed by atoms with Gasteiger partial charge in [-0.15, -0.1) is 0 Å². The lowest BCUT2D eigenvalue weighted by atomic mass is 9.92. The molecule has 0 bridgehead atoms. The Balaban J connectivity index is 1.98. The van der Waals surface area contributed by atoms with Crippen LogP contribution in [0, 0.1) is 0 Å². The number of hydrogen-bond acceptors (Lipinski definition) is 3. The molecule has 0 spiro atoms. The summed E-state index contributed by atoms with van der Waals surface area (Å²) in [6, 6.07) is 17.3. The number of aromatic nitrogens is 1. The highest BCUT2D eigenvalue weighted by Gasteiger charge is 2.38. The molecule has 0 saturated carbocycles. The Morgan fingerprint density at radius 1 is 0.852 bits per heavy atom. The van der Waals surface area contributed by atoms with E-state index in [1.165, 1.54) is 11.9 Å². The Labute approximate surface area is 155 Å². The quantitative estimate of drug-likeness (QED) is 0.547. The summed E-state index contributed by atoms with van der Waals surface area (Å²) in [6.07, 6.45) is 0. The van der Waals surface area contributed by atoms with Crippen molar-refractivity contribution in [1.82, 2.24) is 9.88 Å². The summed E-state index contributed by atoms with van der Waals surface area (Å²) in [5.74, 6) is 0.0922. The lowest BCUT2D eigenvalue weighted by Crippen LogP contribution is -2.24. The minimum atomic E-state index is -0.289. The number of nitrogens with one attached hydrogen (secondary N) is 1. The van der Waals surface area contributed by atoms with Gasteiger partial charge in [-0.1, -0.05) is 36.4 Å². The van der Waals surface area contributed by atoms with Crippen LogP contribution < -0.4 is 4.74 Å². The Morgan fingerprint density at radius 2 is 1.56 bits per heavy atom. The number of benzene rings is 3.